The number of ether oxygens (including phenoxy) is 3. The highest BCUT2D eigenvalue weighted by Gasteiger charge is 2.58. The molecule has 3 aromatic carbocycles. The van der Waals surface area contributed by atoms with Crippen molar-refractivity contribution in [3.63, 3.8) is 0 Å². The molecule has 3 unspecified atom stereocenters. The van der Waals surface area contributed by atoms with Gasteiger partial charge in [-0.2, -0.15) is 0 Å². The molecule has 1 amide bonds. The Labute approximate surface area is 215 Å². The lowest BCUT2D eigenvalue weighted by Crippen LogP contribution is -2.49. The zero-order valence-corrected chi connectivity index (χ0v) is 20.6. The molecule has 0 radical (unpaired) electrons. The molecule has 3 atom stereocenters. The standard InChI is InChI=1S/C30H28N2O5/c1-35-23-15-9-14-22(19-23)32-28(33)26-24-16-17-30(37-24,27(26)29(34)36-2)25(18-20-10-5-3-6-11-20)31-21-12-7-4-8-13-21/h3-17,19,24-25,31H,18H2,1-2H3,(H,32,33). The number of carbonyl (C=O) groups excluding carboxylic acids is 2. The number of fused-ring (bicyclic) bond motifs is 2. The van der Waals surface area contributed by atoms with E-state index in [0.717, 1.165) is 11.3 Å². The van der Waals surface area contributed by atoms with Gasteiger partial charge < -0.3 is 24.8 Å². The lowest BCUT2D eigenvalue weighted by molar-refractivity contribution is -0.138. The molecule has 5 rings (SSSR count). The van der Waals surface area contributed by atoms with E-state index in [1.54, 1.807) is 31.4 Å². The summed E-state index contributed by atoms with van der Waals surface area (Å²) in [4.78, 5) is 26.8. The quantitative estimate of drug-likeness (QED) is 0.334. The van der Waals surface area contributed by atoms with Crippen LogP contribution in [0.15, 0.2) is 108 Å². The highest BCUT2D eigenvalue weighted by Crippen LogP contribution is 2.47. The Morgan fingerprint density at radius 3 is 2.35 bits per heavy atom. The molecule has 2 aliphatic heterocycles. The second-order valence-corrected chi connectivity index (χ2v) is 8.91. The van der Waals surface area contributed by atoms with E-state index in [0.29, 0.717) is 17.9 Å². The summed E-state index contributed by atoms with van der Waals surface area (Å²) in [6.45, 7) is 0. The minimum atomic E-state index is -1.20. The summed E-state index contributed by atoms with van der Waals surface area (Å²) in [5, 5.41) is 6.44. The van der Waals surface area contributed by atoms with E-state index in [1.807, 2.05) is 72.8 Å². The molecule has 3 aromatic rings. The number of esters is 1. The Kier molecular flexibility index (Phi) is 6.79. The fourth-order valence-corrected chi connectivity index (χ4v) is 4.95. The largest absolute Gasteiger partial charge is 0.497 e. The van der Waals surface area contributed by atoms with Gasteiger partial charge in [-0.3, -0.25) is 4.79 Å². The van der Waals surface area contributed by atoms with Crippen molar-refractivity contribution in [1.29, 1.82) is 0 Å². The molecule has 0 aliphatic carbocycles. The van der Waals surface area contributed by atoms with E-state index >= 15 is 0 Å². The summed E-state index contributed by atoms with van der Waals surface area (Å²) < 4.78 is 16.9. The van der Waals surface area contributed by atoms with Crippen LogP contribution in [-0.4, -0.2) is 43.8 Å². The molecule has 0 saturated heterocycles. The number of nitrogens with one attached hydrogen (secondary N) is 2. The van der Waals surface area contributed by atoms with Crippen LogP contribution in [0.3, 0.4) is 0 Å². The van der Waals surface area contributed by atoms with Gasteiger partial charge in [0, 0.05) is 17.4 Å². The van der Waals surface area contributed by atoms with E-state index in [2.05, 4.69) is 10.6 Å². The average molecular weight is 497 g/mol. The molecule has 0 spiro atoms. The van der Waals surface area contributed by atoms with E-state index in [9.17, 15) is 9.59 Å². The Hall–Kier alpha value is -4.36. The normalized spacial score (nSPS) is 20.4. The minimum Gasteiger partial charge on any atom is -0.497 e. The molecule has 2 bridgehead atoms. The molecule has 37 heavy (non-hydrogen) atoms. The molecule has 188 valence electrons. The van der Waals surface area contributed by atoms with Crippen molar-refractivity contribution in [3.05, 3.63) is 114 Å². The van der Waals surface area contributed by atoms with Gasteiger partial charge in [0.2, 0.25) is 0 Å². The highest BCUT2D eigenvalue weighted by atomic mass is 16.5. The van der Waals surface area contributed by atoms with E-state index in [4.69, 9.17) is 14.2 Å². The SMILES string of the molecule is COC(=O)C1=C(C(=O)Nc2cccc(OC)c2)C2C=CC1(C(Cc1ccccc1)Nc1ccccc1)O2. The van der Waals surface area contributed by atoms with Gasteiger partial charge in [-0.1, -0.05) is 60.7 Å². The number of hydrogen-bond donors (Lipinski definition) is 2. The second-order valence-electron chi connectivity index (χ2n) is 8.91. The van der Waals surface area contributed by atoms with Gasteiger partial charge in [0.05, 0.1) is 31.4 Å². The molecule has 2 heterocycles. The molecule has 0 aromatic heterocycles. The Morgan fingerprint density at radius 2 is 1.65 bits per heavy atom. The van der Waals surface area contributed by atoms with Crippen molar-refractivity contribution < 1.29 is 23.8 Å². The van der Waals surface area contributed by atoms with Crippen LogP contribution < -0.4 is 15.4 Å². The zero-order chi connectivity index (χ0) is 25.8. The van der Waals surface area contributed by atoms with E-state index in [1.165, 1.54) is 7.11 Å². The third-order valence-corrected chi connectivity index (χ3v) is 6.66. The first-order chi connectivity index (χ1) is 18.0. The van der Waals surface area contributed by atoms with Crippen LogP contribution in [0.1, 0.15) is 5.56 Å². The zero-order valence-electron chi connectivity index (χ0n) is 20.6. The van der Waals surface area contributed by atoms with Gasteiger partial charge in [0.15, 0.2) is 0 Å². The Morgan fingerprint density at radius 1 is 0.946 bits per heavy atom. The number of amides is 1. The summed E-state index contributed by atoms with van der Waals surface area (Å²) in [6, 6.07) is 26.3. The fraction of sp³-hybridized carbons (Fsp3) is 0.200. The lowest BCUT2D eigenvalue weighted by atomic mass is 9.78. The summed E-state index contributed by atoms with van der Waals surface area (Å²) in [6.07, 6.45) is 3.56. The van der Waals surface area contributed by atoms with Crippen molar-refractivity contribution in [2.45, 2.75) is 24.2 Å². The van der Waals surface area contributed by atoms with Crippen molar-refractivity contribution in [2.24, 2.45) is 0 Å². The third kappa shape index (κ3) is 4.73. The molecular formula is C30H28N2O5. The molecular weight excluding hydrogens is 468 g/mol. The predicted octanol–water partition coefficient (Wildman–Crippen LogP) is 4.53. The number of para-hydroxylation sites is 1. The third-order valence-electron chi connectivity index (χ3n) is 6.66. The van der Waals surface area contributed by atoms with Crippen LogP contribution in [0.5, 0.6) is 5.75 Å². The Balaban J connectivity index is 1.56. The van der Waals surface area contributed by atoms with Gasteiger partial charge in [0.25, 0.3) is 5.91 Å². The van der Waals surface area contributed by atoms with Crippen molar-refractivity contribution in [1.82, 2.24) is 0 Å². The van der Waals surface area contributed by atoms with Crippen LogP contribution in [0.2, 0.25) is 0 Å². The van der Waals surface area contributed by atoms with Gasteiger partial charge in [-0.15, -0.1) is 0 Å². The van der Waals surface area contributed by atoms with Crippen LogP contribution in [0, 0.1) is 0 Å². The van der Waals surface area contributed by atoms with Gasteiger partial charge >= 0.3 is 5.97 Å². The summed E-state index contributed by atoms with van der Waals surface area (Å²) in [5.74, 6) is -0.422. The van der Waals surface area contributed by atoms with Gasteiger partial charge in [0.1, 0.15) is 17.5 Å². The summed E-state index contributed by atoms with van der Waals surface area (Å²) in [7, 11) is 2.87. The number of benzene rings is 3. The van der Waals surface area contributed by atoms with Crippen LogP contribution in [-0.2, 0) is 25.5 Å². The highest BCUT2D eigenvalue weighted by molar-refractivity contribution is 6.12. The van der Waals surface area contributed by atoms with E-state index in [-0.39, 0.29) is 11.1 Å². The number of carbonyl (C=O) groups is 2. The maximum Gasteiger partial charge on any atom is 0.337 e. The first-order valence-electron chi connectivity index (χ1n) is 12.0. The topological polar surface area (TPSA) is 85.9 Å². The molecule has 7 nitrogen and oxygen atoms in total. The maximum atomic E-state index is 13.6. The molecule has 2 N–H and O–H groups in total. The maximum absolute atomic E-state index is 13.6. The predicted molar refractivity (Wildman–Crippen MR) is 141 cm³/mol. The van der Waals surface area contributed by atoms with Gasteiger partial charge in [-0.05, 0) is 42.3 Å². The minimum absolute atomic E-state index is 0.201. The molecule has 0 saturated carbocycles. The van der Waals surface area contributed by atoms with Crippen molar-refractivity contribution >= 4 is 23.3 Å². The smallest absolute Gasteiger partial charge is 0.337 e. The number of methoxy groups -OCH3 is 2. The molecule has 0 fully saturated rings. The number of rotatable bonds is 9. The van der Waals surface area contributed by atoms with Crippen LogP contribution in [0.25, 0.3) is 0 Å². The molecule has 7 heteroatoms. The monoisotopic (exact) mass is 496 g/mol. The first-order valence-corrected chi connectivity index (χ1v) is 12.0. The van der Waals surface area contributed by atoms with Crippen LogP contribution >= 0.6 is 0 Å². The number of hydrogen-bond acceptors (Lipinski definition) is 6. The Bertz CT molecular complexity index is 1310. The first kappa shape index (κ1) is 24.3. The summed E-state index contributed by atoms with van der Waals surface area (Å²) in [5.41, 5.74) is 1.72. The van der Waals surface area contributed by atoms with Crippen LogP contribution in [0.4, 0.5) is 11.4 Å². The average Bonchev–Trinajstić information content (AvgIpc) is 3.52. The van der Waals surface area contributed by atoms with Crippen molar-refractivity contribution in [3.8, 4) is 5.75 Å². The van der Waals surface area contributed by atoms with Crippen molar-refractivity contribution in [2.75, 3.05) is 24.9 Å². The summed E-state index contributed by atoms with van der Waals surface area (Å²) >= 11 is 0. The molecule has 2 aliphatic rings. The lowest BCUT2D eigenvalue weighted by Gasteiger charge is -2.36. The number of anilines is 2. The second kappa shape index (κ2) is 10.3. The van der Waals surface area contributed by atoms with Gasteiger partial charge in [-0.25, -0.2) is 4.79 Å². The van der Waals surface area contributed by atoms with E-state index < -0.39 is 29.6 Å². The fourth-order valence-electron chi connectivity index (χ4n) is 4.95.